The molecule has 0 heterocycles. The first-order valence-electron chi connectivity index (χ1n) is 10.8. The zero-order valence-electron chi connectivity index (χ0n) is 17.6. The molecule has 1 aromatic rings. The summed E-state index contributed by atoms with van der Waals surface area (Å²) in [7, 11) is -1.52. The van der Waals surface area contributed by atoms with Crippen LogP contribution in [0.3, 0.4) is 0 Å². The van der Waals surface area contributed by atoms with Crippen LogP contribution in [0.15, 0.2) is 30.3 Å². The van der Waals surface area contributed by atoms with Gasteiger partial charge in [0.25, 0.3) is 0 Å². The van der Waals surface area contributed by atoms with Crippen LogP contribution < -0.4 is 5.30 Å². The fourth-order valence-corrected chi connectivity index (χ4v) is 13.6. The Bertz CT molecular complexity index is 435. The molecule has 0 aliphatic rings. The van der Waals surface area contributed by atoms with Crippen LogP contribution in [0.2, 0.25) is 0 Å². The summed E-state index contributed by atoms with van der Waals surface area (Å²) in [6.07, 6.45) is 14.6. The molecule has 0 spiro atoms. The van der Waals surface area contributed by atoms with Gasteiger partial charge in [0, 0.05) is 0 Å². The normalized spacial score (nSPS) is 14.7. The van der Waals surface area contributed by atoms with E-state index in [4.69, 9.17) is 4.31 Å². The van der Waals surface area contributed by atoms with Crippen molar-refractivity contribution in [1.82, 2.24) is 0 Å². The van der Waals surface area contributed by atoms with Gasteiger partial charge in [0.15, 0.2) is 0 Å². The topological polar surface area (TPSA) is 29.5 Å². The van der Waals surface area contributed by atoms with E-state index in [1.54, 1.807) is 0 Å². The number of benzene rings is 1. The molecule has 0 fully saturated rings. The van der Waals surface area contributed by atoms with E-state index in [2.05, 4.69) is 27.7 Å². The van der Waals surface area contributed by atoms with E-state index in [-0.39, 0.29) is 0 Å². The Hall–Kier alpha value is 0. The van der Waals surface area contributed by atoms with Gasteiger partial charge in [0.05, 0.1) is 0 Å². The Balaban J connectivity index is 3.25. The molecule has 4 heteroatoms. The van der Waals surface area contributed by atoms with E-state index in [9.17, 15) is 4.89 Å². The third-order valence-electron chi connectivity index (χ3n) is 5.59. The van der Waals surface area contributed by atoms with Crippen LogP contribution in [0.5, 0.6) is 0 Å². The summed E-state index contributed by atoms with van der Waals surface area (Å²) < 4.78 is 6.97. The van der Waals surface area contributed by atoms with E-state index in [1.165, 1.54) is 76.0 Å². The number of hydrogen-bond donors (Lipinski definition) is 1. The molecule has 1 N–H and O–H groups in total. The molecule has 0 bridgehead atoms. The van der Waals surface area contributed by atoms with E-state index < -0.39 is 15.2 Å². The zero-order chi connectivity index (χ0) is 19.3. The molecule has 2 nitrogen and oxygen atoms in total. The molecule has 0 aliphatic carbocycles. The van der Waals surface area contributed by atoms with E-state index in [0.717, 1.165) is 5.30 Å². The van der Waals surface area contributed by atoms with Gasteiger partial charge >= 0.3 is 164 Å². The first-order chi connectivity index (χ1) is 12.5. The predicted molar refractivity (Wildman–Crippen MR) is 122 cm³/mol. The summed E-state index contributed by atoms with van der Waals surface area (Å²) in [5.74, 6) is 0. The van der Waals surface area contributed by atoms with Crippen LogP contribution in [0.4, 0.5) is 0 Å². The molecule has 0 amide bonds. The average Bonchev–Trinajstić information content (AvgIpc) is 2.69. The van der Waals surface area contributed by atoms with Crippen molar-refractivity contribution in [1.29, 1.82) is 0 Å². The summed E-state index contributed by atoms with van der Waals surface area (Å²) in [5.41, 5.74) is 0. The van der Waals surface area contributed by atoms with Gasteiger partial charge in [-0.05, 0) is 0 Å². The second-order valence-electron chi connectivity index (χ2n) is 7.86. The van der Waals surface area contributed by atoms with Crippen molar-refractivity contribution in [3.8, 4) is 0 Å². The second-order valence-corrected chi connectivity index (χ2v) is 15.1. The summed E-state index contributed by atoms with van der Waals surface area (Å²) >= 11 is 0. The molecule has 1 atom stereocenters. The van der Waals surface area contributed by atoms with Crippen LogP contribution in [-0.4, -0.2) is 29.5 Å². The molecule has 0 aliphatic heterocycles. The maximum absolute atomic E-state index is 11.1. The van der Waals surface area contributed by atoms with Crippen LogP contribution >= 0.6 is 15.2 Å². The average molecular weight is 401 g/mol. The minimum absolute atomic E-state index is 0.970. The second kappa shape index (κ2) is 12.5. The Morgan fingerprint density at radius 3 is 1.46 bits per heavy atom. The van der Waals surface area contributed by atoms with E-state index in [1.807, 2.05) is 30.3 Å². The Labute approximate surface area is 164 Å². The Morgan fingerprint density at radius 2 is 1.12 bits per heavy atom. The Kier molecular flexibility index (Phi) is 11.5. The standard InChI is InChI=1S/C22H42O2P2/c1-5-9-18-26(19-10-6-2,20-11-7-3,21-12-8-4)24-25(23)22-16-14-13-15-17-22/h13-17,23H,5-12,18-21H2,1-4H3. The van der Waals surface area contributed by atoms with Gasteiger partial charge in [0.1, 0.15) is 0 Å². The number of rotatable bonds is 15. The number of unbranched alkanes of at least 4 members (excludes halogenated alkanes) is 4. The molecular formula is C22H42O2P2. The quantitative estimate of drug-likeness (QED) is 0.313. The van der Waals surface area contributed by atoms with Gasteiger partial charge in [0.2, 0.25) is 0 Å². The van der Waals surface area contributed by atoms with Crippen molar-refractivity contribution >= 4 is 20.5 Å². The summed E-state index contributed by atoms with van der Waals surface area (Å²) in [5, 5.41) is 0.970. The Morgan fingerprint density at radius 1 is 0.731 bits per heavy atom. The van der Waals surface area contributed by atoms with Crippen molar-refractivity contribution in [2.75, 3.05) is 24.6 Å². The number of hydrogen-bond acceptors (Lipinski definition) is 2. The van der Waals surface area contributed by atoms with Crippen molar-refractivity contribution in [2.45, 2.75) is 79.1 Å². The molecular weight excluding hydrogens is 358 g/mol. The van der Waals surface area contributed by atoms with Gasteiger partial charge in [-0.3, -0.25) is 0 Å². The van der Waals surface area contributed by atoms with E-state index in [0.29, 0.717) is 0 Å². The van der Waals surface area contributed by atoms with Crippen LogP contribution in [0.25, 0.3) is 0 Å². The fraction of sp³-hybridized carbons (Fsp3) is 0.727. The molecule has 1 rings (SSSR count). The third kappa shape index (κ3) is 7.20. The summed E-state index contributed by atoms with van der Waals surface area (Å²) in [4.78, 5) is 11.1. The van der Waals surface area contributed by atoms with Crippen LogP contribution in [0, 0.1) is 0 Å². The molecule has 0 radical (unpaired) electrons. The first-order valence-corrected chi connectivity index (χ1v) is 14.9. The van der Waals surface area contributed by atoms with Gasteiger partial charge in [-0.1, -0.05) is 0 Å². The van der Waals surface area contributed by atoms with Gasteiger partial charge in [-0.25, -0.2) is 0 Å². The third-order valence-corrected chi connectivity index (χ3v) is 14.6. The van der Waals surface area contributed by atoms with Crippen molar-refractivity contribution in [2.24, 2.45) is 0 Å². The van der Waals surface area contributed by atoms with Gasteiger partial charge < -0.3 is 0 Å². The molecule has 0 saturated carbocycles. The van der Waals surface area contributed by atoms with E-state index >= 15 is 0 Å². The monoisotopic (exact) mass is 400 g/mol. The van der Waals surface area contributed by atoms with Crippen LogP contribution in [0.1, 0.15) is 79.1 Å². The van der Waals surface area contributed by atoms with Crippen molar-refractivity contribution in [3.05, 3.63) is 30.3 Å². The van der Waals surface area contributed by atoms with Gasteiger partial charge in [-0.15, -0.1) is 0 Å². The van der Waals surface area contributed by atoms with Crippen LogP contribution in [-0.2, 0) is 4.31 Å². The summed E-state index contributed by atoms with van der Waals surface area (Å²) in [6, 6.07) is 10.1. The molecule has 1 aromatic carbocycles. The first kappa shape index (κ1) is 24.0. The predicted octanol–water partition coefficient (Wildman–Crippen LogP) is 7.30. The summed E-state index contributed by atoms with van der Waals surface area (Å²) in [6.45, 7) is 6.73. The minimum atomic E-state index is -2.39. The molecule has 0 aromatic heterocycles. The zero-order valence-corrected chi connectivity index (χ0v) is 19.4. The SMILES string of the molecule is CCCCP(CCCC)(CCCC)(CCCC)OP(O)c1ccccc1. The van der Waals surface area contributed by atoms with Crippen molar-refractivity contribution in [3.63, 3.8) is 0 Å². The van der Waals surface area contributed by atoms with Gasteiger partial charge in [-0.2, -0.15) is 0 Å². The maximum atomic E-state index is 11.1. The van der Waals surface area contributed by atoms with Crippen molar-refractivity contribution < 1.29 is 9.20 Å². The fourth-order valence-electron chi connectivity index (χ4n) is 3.89. The molecule has 0 saturated heterocycles. The molecule has 26 heavy (non-hydrogen) atoms. The molecule has 1 unspecified atom stereocenters. The molecule has 152 valence electrons.